The van der Waals surface area contributed by atoms with Crippen molar-refractivity contribution in [2.24, 2.45) is 5.92 Å². The van der Waals surface area contributed by atoms with E-state index >= 15 is 0 Å². The Morgan fingerprint density at radius 2 is 2.11 bits per heavy atom. The van der Waals surface area contributed by atoms with E-state index in [0.29, 0.717) is 0 Å². The number of aliphatic hydroxyl groups is 1. The van der Waals surface area contributed by atoms with Crippen molar-refractivity contribution in [1.29, 1.82) is 0 Å². The van der Waals surface area contributed by atoms with Gasteiger partial charge in [-0.2, -0.15) is 0 Å². The molecule has 0 aromatic heterocycles. The lowest BCUT2D eigenvalue weighted by Gasteiger charge is -2.29. The lowest BCUT2D eigenvalue weighted by atomic mass is 10.1. The van der Waals surface area contributed by atoms with Crippen molar-refractivity contribution in [3.8, 4) is 0 Å². The molecule has 2 N–H and O–H groups in total. The maximum absolute atomic E-state index is 12.0. The van der Waals surface area contributed by atoms with Crippen LogP contribution in [0.25, 0.3) is 0 Å². The predicted molar refractivity (Wildman–Crippen MR) is 74.8 cm³/mol. The van der Waals surface area contributed by atoms with Gasteiger partial charge in [-0.05, 0) is 46.6 Å². The Bertz CT molecular complexity index is 302. The number of aliphatic hydroxyl groups excluding tert-OH is 1. The van der Waals surface area contributed by atoms with Crippen LogP contribution in [0.2, 0.25) is 0 Å². The zero-order valence-corrected chi connectivity index (χ0v) is 12.8. The molecular weight excluding hydrogens is 244 g/mol. The number of hydrogen-bond acceptors (Lipinski definition) is 4. The van der Waals surface area contributed by atoms with Crippen molar-refractivity contribution in [2.75, 3.05) is 13.6 Å². The summed E-state index contributed by atoms with van der Waals surface area (Å²) in [5, 5.41) is 13.0. The second kappa shape index (κ2) is 6.57. The van der Waals surface area contributed by atoms with E-state index in [9.17, 15) is 9.90 Å². The van der Waals surface area contributed by atoms with E-state index in [4.69, 9.17) is 4.74 Å². The highest BCUT2D eigenvalue weighted by Crippen LogP contribution is 2.31. The molecule has 1 saturated carbocycles. The van der Waals surface area contributed by atoms with Crippen molar-refractivity contribution in [2.45, 2.75) is 64.8 Å². The van der Waals surface area contributed by atoms with Gasteiger partial charge < -0.3 is 14.7 Å². The summed E-state index contributed by atoms with van der Waals surface area (Å²) in [5.74, 6) is 0.217. The molecule has 1 unspecified atom stereocenters. The molecule has 1 amide bonds. The molecule has 0 bridgehead atoms. The molecule has 0 spiro atoms. The first-order chi connectivity index (χ1) is 8.74. The van der Waals surface area contributed by atoms with Gasteiger partial charge in [0.1, 0.15) is 11.8 Å². The van der Waals surface area contributed by atoms with E-state index in [0.717, 1.165) is 25.8 Å². The number of hydrogen-bond donors (Lipinski definition) is 2. The number of rotatable bonds is 4. The van der Waals surface area contributed by atoms with E-state index in [-0.39, 0.29) is 18.1 Å². The zero-order chi connectivity index (χ0) is 14.6. The second-order valence-electron chi connectivity index (χ2n) is 6.32. The lowest BCUT2D eigenvalue weighted by Crippen LogP contribution is -2.40. The van der Waals surface area contributed by atoms with Gasteiger partial charge >= 0.3 is 6.09 Å². The van der Waals surface area contributed by atoms with Gasteiger partial charge in [-0.1, -0.05) is 6.92 Å². The first-order valence-electron chi connectivity index (χ1n) is 7.12. The fraction of sp³-hybridized carbons (Fsp3) is 0.929. The Kier molecular flexibility index (Phi) is 5.62. The van der Waals surface area contributed by atoms with E-state index in [1.807, 2.05) is 27.7 Å². The summed E-state index contributed by atoms with van der Waals surface area (Å²) < 4.78 is 5.36. The van der Waals surface area contributed by atoms with Gasteiger partial charge in [-0.3, -0.25) is 5.32 Å². The monoisotopic (exact) mass is 272 g/mol. The molecule has 0 saturated heterocycles. The van der Waals surface area contributed by atoms with Crippen molar-refractivity contribution in [3.63, 3.8) is 0 Å². The van der Waals surface area contributed by atoms with Crippen LogP contribution in [0, 0.1) is 5.92 Å². The molecule has 1 aliphatic carbocycles. The summed E-state index contributed by atoms with van der Waals surface area (Å²) in [6.45, 7) is 8.33. The highest BCUT2D eigenvalue weighted by atomic mass is 16.6. The van der Waals surface area contributed by atoms with Gasteiger partial charge in [0.05, 0.1) is 0 Å². The molecule has 3 atom stereocenters. The topological polar surface area (TPSA) is 61.8 Å². The fourth-order valence-electron chi connectivity index (χ4n) is 2.49. The van der Waals surface area contributed by atoms with Crippen LogP contribution < -0.4 is 5.32 Å². The number of ether oxygens (including phenoxy) is 1. The lowest BCUT2D eigenvalue weighted by molar-refractivity contribution is 0.0205. The van der Waals surface area contributed by atoms with Gasteiger partial charge in [-0.25, -0.2) is 4.79 Å². The molecule has 19 heavy (non-hydrogen) atoms. The van der Waals surface area contributed by atoms with E-state index in [1.165, 1.54) is 0 Å². The highest BCUT2D eigenvalue weighted by Gasteiger charge is 2.34. The number of nitrogens with one attached hydrogen (secondary N) is 1. The summed E-state index contributed by atoms with van der Waals surface area (Å²) >= 11 is 0. The standard InChI is InChI=1S/C14H28N2O3/c1-6-15-12(17)10-7-8-11(9-10)16(5)13(18)19-14(2,3)4/h10-12,15,17H,6-9H2,1-5H3/t10-,11+,12?/m0/s1. The summed E-state index contributed by atoms with van der Waals surface area (Å²) in [7, 11) is 1.78. The summed E-state index contributed by atoms with van der Waals surface area (Å²) in [6.07, 6.45) is 1.93. The van der Waals surface area contributed by atoms with Crippen LogP contribution in [0.4, 0.5) is 4.79 Å². The summed E-state index contributed by atoms with van der Waals surface area (Å²) in [4.78, 5) is 13.6. The first-order valence-corrected chi connectivity index (χ1v) is 7.12. The maximum atomic E-state index is 12.0. The number of carbonyl (C=O) groups is 1. The van der Waals surface area contributed by atoms with Crippen molar-refractivity contribution in [3.05, 3.63) is 0 Å². The largest absolute Gasteiger partial charge is 0.444 e. The average molecular weight is 272 g/mol. The molecule has 5 nitrogen and oxygen atoms in total. The molecule has 0 radical (unpaired) electrons. The van der Waals surface area contributed by atoms with Crippen LogP contribution in [0.1, 0.15) is 47.0 Å². The molecule has 1 aliphatic rings. The summed E-state index contributed by atoms with van der Waals surface area (Å²) in [6, 6.07) is 0.160. The van der Waals surface area contributed by atoms with Crippen LogP contribution in [0.5, 0.6) is 0 Å². The zero-order valence-electron chi connectivity index (χ0n) is 12.8. The third-order valence-corrected chi connectivity index (χ3v) is 3.53. The highest BCUT2D eigenvalue weighted by molar-refractivity contribution is 5.68. The third-order valence-electron chi connectivity index (χ3n) is 3.53. The number of amides is 1. The Labute approximate surface area is 116 Å². The molecule has 0 heterocycles. The van der Waals surface area contributed by atoms with Crippen LogP contribution in [-0.4, -0.2) is 47.6 Å². The van der Waals surface area contributed by atoms with Gasteiger partial charge in [0.25, 0.3) is 0 Å². The fourth-order valence-corrected chi connectivity index (χ4v) is 2.49. The Hall–Kier alpha value is -0.810. The smallest absolute Gasteiger partial charge is 0.410 e. The maximum Gasteiger partial charge on any atom is 0.410 e. The van der Waals surface area contributed by atoms with Crippen molar-refractivity contribution in [1.82, 2.24) is 10.2 Å². The Balaban J connectivity index is 2.47. The van der Waals surface area contributed by atoms with E-state index in [1.54, 1.807) is 11.9 Å². The quantitative estimate of drug-likeness (QED) is 0.768. The summed E-state index contributed by atoms with van der Waals surface area (Å²) in [5.41, 5.74) is -0.466. The minimum absolute atomic E-state index is 0.160. The van der Waals surface area contributed by atoms with Gasteiger partial charge in [0, 0.05) is 19.0 Å². The van der Waals surface area contributed by atoms with Crippen molar-refractivity contribution >= 4 is 6.09 Å². The van der Waals surface area contributed by atoms with Gasteiger partial charge in [0.15, 0.2) is 0 Å². The molecular formula is C14H28N2O3. The van der Waals surface area contributed by atoms with Crippen LogP contribution in [-0.2, 0) is 4.74 Å². The molecule has 1 fully saturated rings. The average Bonchev–Trinajstić information content (AvgIpc) is 2.75. The van der Waals surface area contributed by atoms with Crippen molar-refractivity contribution < 1.29 is 14.6 Å². The third kappa shape index (κ3) is 4.99. The number of nitrogens with zero attached hydrogens (tertiary/aromatic N) is 1. The molecule has 1 rings (SSSR count). The molecule has 0 aliphatic heterocycles. The molecule has 0 aromatic carbocycles. The Morgan fingerprint density at radius 3 is 2.63 bits per heavy atom. The minimum Gasteiger partial charge on any atom is -0.444 e. The van der Waals surface area contributed by atoms with Gasteiger partial charge in [-0.15, -0.1) is 0 Å². The van der Waals surface area contributed by atoms with Crippen LogP contribution in [0.15, 0.2) is 0 Å². The molecule has 5 heteroatoms. The number of carbonyl (C=O) groups excluding carboxylic acids is 1. The normalized spacial score (nSPS) is 25.2. The van der Waals surface area contributed by atoms with Crippen LogP contribution >= 0.6 is 0 Å². The van der Waals surface area contributed by atoms with Gasteiger partial charge in [0.2, 0.25) is 0 Å². The first kappa shape index (κ1) is 16.2. The molecule has 112 valence electrons. The predicted octanol–water partition coefficient (Wildman–Crippen LogP) is 1.95. The van der Waals surface area contributed by atoms with Crippen LogP contribution in [0.3, 0.4) is 0 Å². The molecule has 0 aromatic rings. The second-order valence-corrected chi connectivity index (χ2v) is 6.32. The SMILES string of the molecule is CCNC(O)[C@H]1CC[C@@H](N(C)C(=O)OC(C)(C)C)C1. The Morgan fingerprint density at radius 1 is 1.47 bits per heavy atom. The minimum atomic E-state index is -0.470. The van der Waals surface area contributed by atoms with E-state index in [2.05, 4.69) is 5.32 Å². The van der Waals surface area contributed by atoms with E-state index < -0.39 is 11.8 Å².